The minimum atomic E-state index is -0.241. The molecule has 0 radical (unpaired) electrons. The predicted molar refractivity (Wildman–Crippen MR) is 94.4 cm³/mol. The second-order valence-electron chi connectivity index (χ2n) is 5.04. The summed E-state index contributed by atoms with van der Waals surface area (Å²) in [6, 6.07) is 10.5. The first-order valence-electron chi connectivity index (χ1n) is 7.44. The first kappa shape index (κ1) is 17.4. The highest BCUT2D eigenvalue weighted by Crippen LogP contribution is 2.29. The summed E-state index contributed by atoms with van der Waals surface area (Å²) < 4.78 is 15.8. The summed E-state index contributed by atoms with van der Waals surface area (Å²) in [4.78, 5) is 12.6. The average molecular weight is 327 g/mol. The van der Waals surface area contributed by atoms with Crippen LogP contribution in [0, 0.1) is 0 Å². The van der Waals surface area contributed by atoms with E-state index in [0.717, 1.165) is 11.3 Å². The highest BCUT2D eigenvalue weighted by Gasteiger charge is 2.13. The average Bonchev–Trinajstić information content (AvgIpc) is 2.61. The second-order valence-corrected chi connectivity index (χ2v) is 5.04. The van der Waals surface area contributed by atoms with E-state index < -0.39 is 0 Å². The van der Waals surface area contributed by atoms with Crippen LogP contribution in [0.5, 0.6) is 17.2 Å². The largest absolute Gasteiger partial charge is 0.497 e. The molecular weight excluding hydrogens is 306 g/mol. The van der Waals surface area contributed by atoms with E-state index in [1.165, 1.54) is 0 Å². The number of allylic oxidation sites excluding steroid dienone is 1. The van der Waals surface area contributed by atoms with Gasteiger partial charge in [0.1, 0.15) is 17.2 Å². The van der Waals surface area contributed by atoms with Gasteiger partial charge in [-0.2, -0.15) is 0 Å². The van der Waals surface area contributed by atoms with Crippen molar-refractivity contribution in [1.29, 1.82) is 0 Å². The third kappa shape index (κ3) is 3.87. The van der Waals surface area contributed by atoms with Crippen LogP contribution < -0.4 is 19.5 Å². The Balaban J connectivity index is 2.29. The van der Waals surface area contributed by atoms with Crippen molar-refractivity contribution in [3.05, 3.63) is 60.2 Å². The molecule has 2 aromatic rings. The topological polar surface area (TPSA) is 56.8 Å². The van der Waals surface area contributed by atoms with Crippen molar-refractivity contribution in [2.45, 2.75) is 6.42 Å². The first-order chi connectivity index (χ1) is 11.6. The normalized spacial score (nSPS) is 9.96. The van der Waals surface area contributed by atoms with E-state index in [2.05, 4.69) is 11.9 Å². The van der Waals surface area contributed by atoms with Crippen molar-refractivity contribution in [3.8, 4) is 17.2 Å². The van der Waals surface area contributed by atoms with Crippen LogP contribution in [0.2, 0.25) is 0 Å². The Kier molecular flexibility index (Phi) is 5.84. The van der Waals surface area contributed by atoms with Crippen molar-refractivity contribution in [3.63, 3.8) is 0 Å². The Morgan fingerprint density at radius 2 is 1.75 bits per heavy atom. The van der Waals surface area contributed by atoms with Gasteiger partial charge in [-0.1, -0.05) is 6.08 Å². The Bertz CT molecular complexity index is 740. The second kappa shape index (κ2) is 8.06. The number of ether oxygens (including phenoxy) is 3. The SMILES string of the molecule is C=CCc1cc(C(=O)Nc2cc(OC)ccc2OC)ccc1OC. The third-order valence-electron chi connectivity index (χ3n) is 3.56. The molecule has 5 nitrogen and oxygen atoms in total. The molecule has 2 rings (SSSR count). The van der Waals surface area contributed by atoms with Gasteiger partial charge in [0.25, 0.3) is 5.91 Å². The minimum Gasteiger partial charge on any atom is -0.497 e. The molecule has 0 unspecified atom stereocenters. The Labute approximate surface area is 141 Å². The van der Waals surface area contributed by atoms with E-state index in [9.17, 15) is 4.79 Å². The van der Waals surface area contributed by atoms with Crippen LogP contribution in [0.4, 0.5) is 5.69 Å². The van der Waals surface area contributed by atoms with Gasteiger partial charge in [0, 0.05) is 11.6 Å². The zero-order chi connectivity index (χ0) is 17.5. The smallest absolute Gasteiger partial charge is 0.255 e. The van der Waals surface area contributed by atoms with Crippen LogP contribution >= 0.6 is 0 Å². The van der Waals surface area contributed by atoms with E-state index in [1.807, 2.05) is 0 Å². The van der Waals surface area contributed by atoms with E-state index >= 15 is 0 Å². The summed E-state index contributed by atoms with van der Waals surface area (Å²) in [5.41, 5.74) is 1.97. The number of methoxy groups -OCH3 is 3. The van der Waals surface area contributed by atoms with Crippen LogP contribution in [0.15, 0.2) is 49.1 Å². The summed E-state index contributed by atoms with van der Waals surface area (Å²) in [7, 11) is 4.72. The summed E-state index contributed by atoms with van der Waals surface area (Å²) in [5.74, 6) is 1.68. The lowest BCUT2D eigenvalue weighted by molar-refractivity contribution is 0.102. The van der Waals surface area contributed by atoms with Gasteiger partial charge in [-0.25, -0.2) is 0 Å². The Morgan fingerprint density at radius 3 is 2.38 bits per heavy atom. The predicted octanol–water partition coefficient (Wildman–Crippen LogP) is 3.69. The number of amides is 1. The zero-order valence-electron chi connectivity index (χ0n) is 14.1. The number of carbonyl (C=O) groups is 1. The molecule has 2 aromatic carbocycles. The molecule has 0 heterocycles. The molecule has 0 aliphatic heterocycles. The molecule has 24 heavy (non-hydrogen) atoms. The highest BCUT2D eigenvalue weighted by atomic mass is 16.5. The molecule has 5 heteroatoms. The van der Waals surface area contributed by atoms with E-state index in [4.69, 9.17) is 14.2 Å². The molecule has 0 atom stereocenters. The van der Waals surface area contributed by atoms with Crippen molar-refractivity contribution in [1.82, 2.24) is 0 Å². The lowest BCUT2D eigenvalue weighted by Gasteiger charge is -2.13. The monoisotopic (exact) mass is 327 g/mol. The molecule has 0 bridgehead atoms. The molecule has 0 fully saturated rings. The number of nitrogens with one attached hydrogen (secondary N) is 1. The highest BCUT2D eigenvalue weighted by molar-refractivity contribution is 6.05. The van der Waals surface area contributed by atoms with Gasteiger partial charge in [0.05, 0.1) is 27.0 Å². The van der Waals surface area contributed by atoms with Crippen LogP contribution in [0.3, 0.4) is 0 Å². The molecule has 126 valence electrons. The first-order valence-corrected chi connectivity index (χ1v) is 7.44. The van der Waals surface area contributed by atoms with E-state index in [1.54, 1.807) is 63.8 Å². The summed E-state index contributed by atoms with van der Waals surface area (Å²) in [6.45, 7) is 3.73. The zero-order valence-corrected chi connectivity index (χ0v) is 14.1. The molecule has 1 amide bonds. The maximum Gasteiger partial charge on any atom is 0.255 e. The Morgan fingerprint density at radius 1 is 1.04 bits per heavy atom. The summed E-state index contributed by atoms with van der Waals surface area (Å²) in [5, 5.41) is 2.85. The number of rotatable bonds is 7. The number of hydrogen-bond donors (Lipinski definition) is 1. The van der Waals surface area contributed by atoms with Crippen LogP contribution in [0.1, 0.15) is 15.9 Å². The van der Waals surface area contributed by atoms with Gasteiger partial charge in [0.15, 0.2) is 0 Å². The fraction of sp³-hybridized carbons (Fsp3) is 0.211. The third-order valence-corrected chi connectivity index (χ3v) is 3.56. The number of benzene rings is 2. The van der Waals surface area contributed by atoms with Gasteiger partial charge in [-0.05, 0) is 42.3 Å². The Hall–Kier alpha value is -2.95. The fourth-order valence-electron chi connectivity index (χ4n) is 2.34. The van der Waals surface area contributed by atoms with Crippen molar-refractivity contribution < 1.29 is 19.0 Å². The number of carbonyl (C=O) groups excluding carboxylic acids is 1. The minimum absolute atomic E-state index is 0.241. The standard InChI is InChI=1S/C19H21NO4/c1-5-6-13-11-14(7-9-17(13)23-3)19(21)20-16-12-15(22-2)8-10-18(16)24-4/h5,7-12H,1,6H2,2-4H3,(H,20,21). The molecule has 0 saturated carbocycles. The van der Waals surface area contributed by atoms with Crippen LogP contribution in [0.25, 0.3) is 0 Å². The van der Waals surface area contributed by atoms with Crippen LogP contribution in [-0.2, 0) is 6.42 Å². The summed E-state index contributed by atoms with van der Waals surface area (Å²) >= 11 is 0. The maximum absolute atomic E-state index is 12.6. The lowest BCUT2D eigenvalue weighted by atomic mass is 10.1. The molecule has 0 spiro atoms. The van der Waals surface area contributed by atoms with Crippen LogP contribution in [-0.4, -0.2) is 27.2 Å². The fourth-order valence-corrected chi connectivity index (χ4v) is 2.34. The molecule has 0 aromatic heterocycles. The van der Waals surface area contributed by atoms with Gasteiger partial charge in [-0.3, -0.25) is 4.79 Å². The van der Waals surface area contributed by atoms with Crippen molar-refractivity contribution in [2.75, 3.05) is 26.6 Å². The van der Waals surface area contributed by atoms with Crippen molar-refractivity contribution >= 4 is 11.6 Å². The number of anilines is 1. The summed E-state index contributed by atoms with van der Waals surface area (Å²) in [6.07, 6.45) is 2.39. The number of hydrogen-bond acceptors (Lipinski definition) is 4. The molecule has 0 saturated heterocycles. The van der Waals surface area contributed by atoms with E-state index in [-0.39, 0.29) is 5.91 Å². The van der Waals surface area contributed by atoms with Crippen molar-refractivity contribution in [2.24, 2.45) is 0 Å². The lowest BCUT2D eigenvalue weighted by Crippen LogP contribution is -2.13. The molecular formula is C19H21NO4. The maximum atomic E-state index is 12.6. The van der Waals surface area contributed by atoms with E-state index in [0.29, 0.717) is 29.2 Å². The van der Waals surface area contributed by atoms with Gasteiger partial charge >= 0.3 is 0 Å². The molecule has 1 N–H and O–H groups in total. The van der Waals surface area contributed by atoms with Gasteiger partial charge < -0.3 is 19.5 Å². The molecule has 0 aliphatic rings. The van der Waals surface area contributed by atoms with Gasteiger partial charge in [0.2, 0.25) is 0 Å². The molecule has 0 aliphatic carbocycles. The van der Waals surface area contributed by atoms with Gasteiger partial charge in [-0.15, -0.1) is 6.58 Å². The quantitative estimate of drug-likeness (QED) is 0.788.